The number of amides is 1. The molecule has 2 aromatic carbocycles. The lowest BCUT2D eigenvalue weighted by Crippen LogP contribution is -2.29. The van der Waals surface area contributed by atoms with E-state index in [1.165, 1.54) is 10.4 Å². The van der Waals surface area contributed by atoms with Crippen molar-refractivity contribution < 1.29 is 14.3 Å². The van der Waals surface area contributed by atoms with Crippen LogP contribution >= 0.6 is 11.3 Å². The molecule has 0 spiro atoms. The first-order chi connectivity index (χ1) is 14.7. The van der Waals surface area contributed by atoms with Gasteiger partial charge in [0.15, 0.2) is 11.7 Å². The number of thiazole rings is 1. The Morgan fingerprint density at radius 2 is 1.83 bits per heavy atom. The van der Waals surface area contributed by atoms with Crippen LogP contribution in [0, 0.1) is 0 Å². The monoisotopic (exact) mass is 423 g/mol. The van der Waals surface area contributed by atoms with Crippen LogP contribution in [0.25, 0.3) is 0 Å². The van der Waals surface area contributed by atoms with Gasteiger partial charge in [-0.3, -0.25) is 15.0 Å². The molecule has 30 heavy (non-hydrogen) atoms. The Balaban J connectivity index is 1.28. The molecule has 0 aliphatic carbocycles. The molecule has 1 aliphatic rings. The molecule has 1 N–H and O–H groups in total. The molecule has 6 nitrogen and oxygen atoms in total. The Bertz CT molecular complexity index is 973. The van der Waals surface area contributed by atoms with Crippen LogP contribution in [0.4, 0.5) is 5.13 Å². The van der Waals surface area contributed by atoms with Gasteiger partial charge in [0.25, 0.3) is 5.91 Å². The van der Waals surface area contributed by atoms with E-state index in [0.717, 1.165) is 37.5 Å². The van der Waals surface area contributed by atoms with Gasteiger partial charge in [-0.2, -0.15) is 0 Å². The number of aromatic nitrogens is 1. The third-order valence-electron chi connectivity index (χ3n) is 4.81. The van der Waals surface area contributed by atoms with Crippen molar-refractivity contribution in [2.24, 2.45) is 0 Å². The maximum Gasteiger partial charge on any atom is 0.264 e. The van der Waals surface area contributed by atoms with Crippen molar-refractivity contribution >= 4 is 22.4 Å². The first-order valence-electron chi connectivity index (χ1n) is 10.1. The first-order valence-corrected chi connectivity index (χ1v) is 10.9. The third kappa shape index (κ3) is 5.37. The summed E-state index contributed by atoms with van der Waals surface area (Å²) in [4.78, 5) is 20.5. The number of nitrogens with one attached hydrogen (secondary N) is 1. The van der Waals surface area contributed by atoms with Crippen molar-refractivity contribution in [1.29, 1.82) is 0 Å². The molecule has 0 saturated heterocycles. The van der Waals surface area contributed by atoms with E-state index in [1.54, 1.807) is 23.5 Å². The summed E-state index contributed by atoms with van der Waals surface area (Å²) in [6, 6.07) is 17.7. The van der Waals surface area contributed by atoms with Crippen molar-refractivity contribution in [1.82, 2.24) is 9.88 Å². The largest absolute Gasteiger partial charge is 0.494 e. The van der Waals surface area contributed by atoms with E-state index in [2.05, 4.69) is 39.5 Å². The average molecular weight is 424 g/mol. The van der Waals surface area contributed by atoms with Gasteiger partial charge in [-0.25, -0.2) is 4.98 Å². The lowest BCUT2D eigenvalue weighted by atomic mass is 10.1. The molecule has 4 rings (SSSR count). The van der Waals surface area contributed by atoms with Gasteiger partial charge in [-0.15, -0.1) is 11.3 Å². The average Bonchev–Trinajstić information content (AvgIpc) is 3.15. The molecular formula is C23H25N3O3S. The summed E-state index contributed by atoms with van der Waals surface area (Å²) in [5.74, 6) is 1.20. The van der Waals surface area contributed by atoms with E-state index < -0.39 is 0 Å². The van der Waals surface area contributed by atoms with E-state index in [1.807, 2.05) is 25.1 Å². The van der Waals surface area contributed by atoms with Crippen LogP contribution in [-0.2, 0) is 24.3 Å². The Labute approximate surface area is 180 Å². The van der Waals surface area contributed by atoms with Crippen LogP contribution < -0.4 is 14.8 Å². The second-order valence-corrected chi connectivity index (χ2v) is 8.16. The number of anilines is 1. The maximum atomic E-state index is 12.3. The Morgan fingerprint density at radius 3 is 2.57 bits per heavy atom. The molecule has 0 saturated carbocycles. The summed E-state index contributed by atoms with van der Waals surface area (Å²) < 4.78 is 11.0. The Hall–Kier alpha value is -2.90. The number of hydrogen-bond acceptors (Lipinski definition) is 6. The van der Waals surface area contributed by atoms with Gasteiger partial charge in [0.05, 0.1) is 12.3 Å². The normalized spacial score (nSPS) is 13.5. The van der Waals surface area contributed by atoms with Crippen LogP contribution in [0.15, 0.2) is 54.6 Å². The van der Waals surface area contributed by atoms with Gasteiger partial charge in [0.1, 0.15) is 11.5 Å². The maximum absolute atomic E-state index is 12.3. The number of carbonyl (C=O) groups is 1. The molecule has 156 valence electrons. The molecule has 0 radical (unpaired) electrons. The summed E-state index contributed by atoms with van der Waals surface area (Å²) in [7, 11) is 0. The van der Waals surface area contributed by atoms with E-state index in [9.17, 15) is 4.79 Å². The molecule has 1 aromatic heterocycles. The van der Waals surface area contributed by atoms with Crippen molar-refractivity contribution in [2.75, 3.05) is 25.1 Å². The standard InChI is InChI=1S/C23H25N3O3S/c1-2-28-18-8-10-19(11-9-18)29-16-22(27)25-23-24-20-12-13-26(15-21(20)30-23)14-17-6-4-3-5-7-17/h3-11H,2,12-16H2,1H3,(H,24,25,27). The van der Waals surface area contributed by atoms with Crippen LogP contribution in [0.3, 0.4) is 0 Å². The van der Waals surface area contributed by atoms with Gasteiger partial charge in [-0.05, 0) is 36.8 Å². The molecule has 7 heteroatoms. The SMILES string of the molecule is CCOc1ccc(OCC(=O)Nc2nc3c(s2)CN(Cc2ccccc2)CC3)cc1. The highest BCUT2D eigenvalue weighted by Crippen LogP contribution is 2.29. The zero-order chi connectivity index (χ0) is 20.8. The zero-order valence-corrected chi connectivity index (χ0v) is 17.8. The Morgan fingerprint density at radius 1 is 1.10 bits per heavy atom. The summed E-state index contributed by atoms with van der Waals surface area (Å²) in [6.45, 7) is 5.25. The van der Waals surface area contributed by atoms with E-state index >= 15 is 0 Å². The molecule has 0 atom stereocenters. The second-order valence-electron chi connectivity index (χ2n) is 7.08. The van der Waals surface area contributed by atoms with Gasteiger partial charge in [0.2, 0.25) is 0 Å². The minimum Gasteiger partial charge on any atom is -0.494 e. The minimum atomic E-state index is -0.212. The van der Waals surface area contributed by atoms with Gasteiger partial charge in [-0.1, -0.05) is 30.3 Å². The van der Waals surface area contributed by atoms with E-state index in [4.69, 9.17) is 9.47 Å². The number of fused-ring (bicyclic) bond motifs is 1. The Kier molecular flexibility index (Phi) is 6.61. The number of benzene rings is 2. The second kappa shape index (κ2) is 9.73. The summed E-state index contributed by atoms with van der Waals surface area (Å²) in [5, 5.41) is 3.51. The van der Waals surface area contributed by atoms with Gasteiger partial charge in [0, 0.05) is 30.9 Å². The number of carbonyl (C=O) groups excluding carboxylic acids is 1. The highest BCUT2D eigenvalue weighted by atomic mass is 32.1. The predicted molar refractivity (Wildman–Crippen MR) is 118 cm³/mol. The van der Waals surface area contributed by atoms with Crippen LogP contribution in [0.2, 0.25) is 0 Å². The molecule has 0 bridgehead atoms. The van der Waals surface area contributed by atoms with E-state index in [-0.39, 0.29) is 12.5 Å². The fourth-order valence-electron chi connectivity index (χ4n) is 3.38. The summed E-state index contributed by atoms with van der Waals surface area (Å²) in [6.07, 6.45) is 0.900. The highest BCUT2D eigenvalue weighted by molar-refractivity contribution is 7.15. The minimum absolute atomic E-state index is 0.0572. The molecule has 0 fully saturated rings. The number of hydrogen-bond donors (Lipinski definition) is 1. The molecule has 0 unspecified atom stereocenters. The first kappa shape index (κ1) is 20.4. The topological polar surface area (TPSA) is 63.7 Å². The fourth-order valence-corrected chi connectivity index (χ4v) is 4.45. The zero-order valence-electron chi connectivity index (χ0n) is 17.0. The molecular weight excluding hydrogens is 398 g/mol. The molecule has 1 amide bonds. The van der Waals surface area contributed by atoms with E-state index in [0.29, 0.717) is 17.5 Å². The van der Waals surface area contributed by atoms with Crippen molar-refractivity contribution in [3.63, 3.8) is 0 Å². The molecule has 1 aliphatic heterocycles. The van der Waals surface area contributed by atoms with Crippen molar-refractivity contribution in [3.05, 3.63) is 70.7 Å². The lowest BCUT2D eigenvalue weighted by Gasteiger charge is -2.25. The summed E-state index contributed by atoms with van der Waals surface area (Å²) >= 11 is 1.55. The van der Waals surface area contributed by atoms with Crippen LogP contribution in [0.5, 0.6) is 11.5 Å². The highest BCUT2D eigenvalue weighted by Gasteiger charge is 2.21. The predicted octanol–water partition coefficient (Wildman–Crippen LogP) is 4.12. The molecule has 3 aromatic rings. The molecule has 2 heterocycles. The van der Waals surface area contributed by atoms with Crippen LogP contribution in [-0.4, -0.2) is 35.5 Å². The quantitative estimate of drug-likeness (QED) is 0.591. The number of rotatable bonds is 8. The van der Waals surface area contributed by atoms with Crippen molar-refractivity contribution in [3.8, 4) is 11.5 Å². The van der Waals surface area contributed by atoms with Gasteiger partial charge >= 0.3 is 0 Å². The lowest BCUT2D eigenvalue weighted by molar-refractivity contribution is -0.118. The third-order valence-corrected chi connectivity index (χ3v) is 5.81. The van der Waals surface area contributed by atoms with Crippen molar-refractivity contribution in [2.45, 2.75) is 26.4 Å². The number of ether oxygens (including phenoxy) is 2. The summed E-state index contributed by atoms with van der Waals surface area (Å²) in [5.41, 5.74) is 2.40. The van der Waals surface area contributed by atoms with Gasteiger partial charge < -0.3 is 9.47 Å². The smallest absolute Gasteiger partial charge is 0.264 e. The number of nitrogens with zero attached hydrogens (tertiary/aromatic N) is 2. The fraction of sp³-hybridized carbons (Fsp3) is 0.304. The van der Waals surface area contributed by atoms with Crippen LogP contribution in [0.1, 0.15) is 23.1 Å².